The molecule has 1 nitrogen and oxygen atoms in total. The molecule has 0 amide bonds. The summed E-state index contributed by atoms with van der Waals surface area (Å²) in [4.78, 5) is 4.15. The molecule has 1 aliphatic rings. The van der Waals surface area contributed by atoms with Crippen LogP contribution in [0.4, 0.5) is 0 Å². The third kappa shape index (κ3) is 3.33. The van der Waals surface area contributed by atoms with Crippen LogP contribution in [0, 0.1) is 0 Å². The van der Waals surface area contributed by atoms with Crippen LogP contribution in [0.5, 0.6) is 0 Å². The van der Waals surface area contributed by atoms with Gasteiger partial charge in [-0.05, 0) is 31.8 Å². The molecule has 12 heavy (non-hydrogen) atoms. The largest absolute Gasteiger partial charge is 0.265 e. The van der Waals surface area contributed by atoms with E-state index in [-0.39, 0.29) is 0 Å². The van der Waals surface area contributed by atoms with E-state index in [1.54, 1.807) is 0 Å². The molecule has 0 aliphatic heterocycles. The zero-order valence-electron chi connectivity index (χ0n) is 7.53. The van der Waals surface area contributed by atoms with Crippen molar-refractivity contribution in [3.63, 3.8) is 0 Å². The molecular weight excluding hydrogens is 146 g/mol. The van der Waals surface area contributed by atoms with Crippen LogP contribution >= 0.6 is 0 Å². The van der Waals surface area contributed by atoms with E-state index >= 15 is 0 Å². The molecule has 1 heteroatoms. The van der Waals surface area contributed by atoms with Gasteiger partial charge >= 0.3 is 0 Å². The summed E-state index contributed by atoms with van der Waals surface area (Å²) in [6.45, 7) is 1.97. The van der Waals surface area contributed by atoms with Crippen molar-refractivity contribution in [2.24, 2.45) is 4.99 Å². The lowest BCUT2D eigenvalue weighted by Crippen LogP contribution is -1.82. The van der Waals surface area contributed by atoms with Crippen molar-refractivity contribution in [3.05, 3.63) is 36.1 Å². The molecule has 64 valence electrons. The maximum Gasteiger partial charge on any atom is 0.0296 e. The number of nitrogens with zero attached hydrogens (tertiary/aromatic N) is 1. The minimum atomic E-state index is 1.05. The highest BCUT2D eigenvalue weighted by Crippen LogP contribution is 2.09. The Kier molecular flexibility index (Phi) is 4.14. The highest BCUT2D eigenvalue weighted by Gasteiger charge is 1.93. The molecule has 0 aromatic heterocycles. The van der Waals surface area contributed by atoms with E-state index in [4.69, 9.17) is 0 Å². The first-order chi connectivity index (χ1) is 5.93. The van der Waals surface area contributed by atoms with E-state index in [1.165, 1.54) is 5.57 Å². The summed E-state index contributed by atoms with van der Waals surface area (Å²) >= 11 is 0. The summed E-state index contributed by atoms with van der Waals surface area (Å²) in [5.41, 5.74) is 1.35. The van der Waals surface area contributed by atoms with Crippen molar-refractivity contribution in [1.82, 2.24) is 0 Å². The Morgan fingerprint density at radius 3 is 3.17 bits per heavy atom. The third-order valence-corrected chi connectivity index (χ3v) is 1.76. The summed E-state index contributed by atoms with van der Waals surface area (Å²) in [5.74, 6) is 0. The van der Waals surface area contributed by atoms with E-state index in [9.17, 15) is 0 Å². The maximum absolute atomic E-state index is 4.15. The predicted molar refractivity (Wildman–Crippen MR) is 54.4 cm³/mol. The van der Waals surface area contributed by atoms with Crippen LogP contribution in [-0.4, -0.2) is 6.21 Å². The molecule has 1 rings (SSSR count). The van der Waals surface area contributed by atoms with Gasteiger partial charge in [-0.15, -0.1) is 0 Å². The Balaban J connectivity index is 2.46. The molecule has 0 radical (unpaired) electrons. The number of rotatable bonds is 2. The first-order valence-electron chi connectivity index (χ1n) is 4.42. The molecule has 0 unspecified atom stereocenters. The molecule has 0 aromatic rings. The molecule has 0 bridgehead atoms. The molecule has 0 saturated carbocycles. The average Bonchev–Trinajstić information content (AvgIpc) is 2.33. The average molecular weight is 161 g/mol. The summed E-state index contributed by atoms with van der Waals surface area (Å²) in [6, 6.07) is 0. The Morgan fingerprint density at radius 1 is 1.42 bits per heavy atom. The lowest BCUT2D eigenvalue weighted by Gasteiger charge is -1.93. The fourth-order valence-corrected chi connectivity index (χ4v) is 1.13. The Hall–Kier alpha value is -1.11. The monoisotopic (exact) mass is 161 g/mol. The second-order valence-electron chi connectivity index (χ2n) is 2.79. The van der Waals surface area contributed by atoms with Gasteiger partial charge in [0.15, 0.2) is 0 Å². The van der Waals surface area contributed by atoms with E-state index in [0.29, 0.717) is 0 Å². The second kappa shape index (κ2) is 5.53. The summed E-state index contributed by atoms with van der Waals surface area (Å²) in [5, 5.41) is 0. The molecule has 0 spiro atoms. The van der Waals surface area contributed by atoms with Gasteiger partial charge in [-0.25, -0.2) is 0 Å². The van der Waals surface area contributed by atoms with Crippen LogP contribution < -0.4 is 0 Å². The van der Waals surface area contributed by atoms with E-state index in [1.807, 2.05) is 25.4 Å². The Morgan fingerprint density at radius 2 is 2.33 bits per heavy atom. The zero-order valence-corrected chi connectivity index (χ0v) is 7.53. The van der Waals surface area contributed by atoms with Crippen molar-refractivity contribution < 1.29 is 0 Å². The van der Waals surface area contributed by atoms with Crippen molar-refractivity contribution in [2.45, 2.75) is 26.2 Å². The van der Waals surface area contributed by atoms with Gasteiger partial charge in [-0.3, -0.25) is 4.99 Å². The van der Waals surface area contributed by atoms with Crippen LogP contribution in [0.15, 0.2) is 41.1 Å². The van der Waals surface area contributed by atoms with Crippen LogP contribution in [0.1, 0.15) is 26.2 Å². The summed E-state index contributed by atoms with van der Waals surface area (Å²) in [7, 11) is 0. The SMILES string of the molecule is C/C=C\N=C/C1=CCC=CCC1. The molecule has 1 aliphatic carbocycles. The van der Waals surface area contributed by atoms with Gasteiger partial charge in [0.05, 0.1) is 0 Å². The highest BCUT2D eigenvalue weighted by atomic mass is 14.7. The van der Waals surface area contributed by atoms with Crippen molar-refractivity contribution in [1.29, 1.82) is 0 Å². The summed E-state index contributed by atoms with van der Waals surface area (Å²) in [6.07, 6.45) is 15.7. The van der Waals surface area contributed by atoms with Gasteiger partial charge in [0.25, 0.3) is 0 Å². The van der Waals surface area contributed by atoms with Gasteiger partial charge in [-0.2, -0.15) is 0 Å². The topological polar surface area (TPSA) is 12.4 Å². The number of hydrogen-bond acceptors (Lipinski definition) is 1. The highest BCUT2D eigenvalue weighted by molar-refractivity contribution is 5.79. The fourth-order valence-electron chi connectivity index (χ4n) is 1.13. The maximum atomic E-state index is 4.15. The van der Waals surface area contributed by atoms with Crippen LogP contribution in [-0.2, 0) is 0 Å². The zero-order chi connectivity index (χ0) is 8.65. The lowest BCUT2D eigenvalue weighted by molar-refractivity contribution is 1.03. The second-order valence-corrected chi connectivity index (χ2v) is 2.79. The van der Waals surface area contributed by atoms with Crippen molar-refractivity contribution >= 4 is 6.21 Å². The molecular formula is C11H15N. The van der Waals surface area contributed by atoms with Crippen molar-refractivity contribution in [2.75, 3.05) is 0 Å². The Bertz CT molecular complexity index is 231. The van der Waals surface area contributed by atoms with Gasteiger partial charge in [0.2, 0.25) is 0 Å². The summed E-state index contributed by atoms with van der Waals surface area (Å²) < 4.78 is 0. The molecule has 0 aromatic carbocycles. The van der Waals surface area contributed by atoms with E-state index in [2.05, 4.69) is 23.2 Å². The minimum absolute atomic E-state index is 1.05. The van der Waals surface area contributed by atoms with Crippen molar-refractivity contribution in [3.8, 4) is 0 Å². The molecule has 0 atom stereocenters. The smallest absolute Gasteiger partial charge is 0.0296 e. The number of hydrogen-bond donors (Lipinski definition) is 0. The van der Waals surface area contributed by atoms with Gasteiger partial charge in [0, 0.05) is 12.4 Å². The number of aliphatic imine (C=N–C) groups is 1. The Labute approximate surface area is 74.2 Å². The van der Waals surface area contributed by atoms with Crippen LogP contribution in [0.3, 0.4) is 0 Å². The molecule has 0 fully saturated rings. The lowest BCUT2D eigenvalue weighted by atomic mass is 10.1. The van der Waals surface area contributed by atoms with Crippen LogP contribution in [0.25, 0.3) is 0 Å². The standard InChI is InChI=1S/C11H15N/c1-2-9-12-10-11-7-5-3-4-6-8-11/h2-4,7,9-10H,5-6,8H2,1H3/b9-2-,12-10-. The molecule has 0 heterocycles. The first kappa shape index (κ1) is 8.98. The molecule has 0 saturated heterocycles. The quantitative estimate of drug-likeness (QED) is 0.435. The number of allylic oxidation sites excluding steroid dienone is 5. The fraction of sp³-hybridized carbons (Fsp3) is 0.364. The normalized spacial score (nSPS) is 18.6. The molecule has 0 N–H and O–H groups in total. The minimum Gasteiger partial charge on any atom is -0.265 e. The van der Waals surface area contributed by atoms with Gasteiger partial charge < -0.3 is 0 Å². The third-order valence-electron chi connectivity index (χ3n) is 1.76. The predicted octanol–water partition coefficient (Wildman–Crippen LogP) is 3.26. The van der Waals surface area contributed by atoms with Gasteiger partial charge in [0.1, 0.15) is 0 Å². The van der Waals surface area contributed by atoms with Gasteiger partial charge in [-0.1, -0.05) is 24.3 Å². The van der Waals surface area contributed by atoms with E-state index < -0.39 is 0 Å². The van der Waals surface area contributed by atoms with E-state index in [0.717, 1.165) is 19.3 Å². The van der Waals surface area contributed by atoms with Crippen LogP contribution in [0.2, 0.25) is 0 Å². The first-order valence-corrected chi connectivity index (χ1v) is 4.42.